The van der Waals surface area contributed by atoms with E-state index in [4.69, 9.17) is 0 Å². The average Bonchev–Trinajstić information content (AvgIpc) is 2.49. The molecule has 21 heavy (non-hydrogen) atoms. The monoisotopic (exact) mass is 302 g/mol. The number of nitrogens with one attached hydrogen (secondary N) is 1. The topological polar surface area (TPSA) is 59.1 Å². The summed E-state index contributed by atoms with van der Waals surface area (Å²) < 4.78 is 26.8. The van der Waals surface area contributed by atoms with E-state index in [0.717, 1.165) is 5.56 Å². The summed E-state index contributed by atoms with van der Waals surface area (Å²) >= 11 is 0. The quantitative estimate of drug-likeness (QED) is 0.892. The van der Waals surface area contributed by atoms with Crippen molar-refractivity contribution in [1.82, 2.24) is 9.71 Å². The maximum atomic E-state index is 12.1. The molecule has 0 saturated heterocycles. The predicted molar refractivity (Wildman–Crippen MR) is 84.1 cm³/mol. The van der Waals surface area contributed by atoms with Gasteiger partial charge in [-0.05, 0) is 31.0 Å². The molecule has 4 nitrogen and oxygen atoms in total. The Hall–Kier alpha value is -1.98. The number of aromatic nitrogens is 1. The lowest BCUT2D eigenvalue weighted by Gasteiger charge is -2.11. The molecule has 0 aliphatic heterocycles. The van der Waals surface area contributed by atoms with Crippen LogP contribution in [0.4, 0.5) is 0 Å². The van der Waals surface area contributed by atoms with Gasteiger partial charge in [-0.1, -0.05) is 48.6 Å². The molecule has 2 rings (SSSR count). The van der Waals surface area contributed by atoms with Crippen molar-refractivity contribution in [1.29, 1.82) is 0 Å². The van der Waals surface area contributed by atoms with Crippen molar-refractivity contribution in [2.45, 2.75) is 24.4 Å². The largest absolute Gasteiger partial charge is 0.258 e. The molecule has 110 valence electrons. The van der Waals surface area contributed by atoms with E-state index in [1.54, 1.807) is 12.1 Å². The molecule has 0 fully saturated rings. The minimum absolute atomic E-state index is 0.0453. The Morgan fingerprint density at radius 1 is 1.14 bits per heavy atom. The lowest BCUT2D eigenvalue weighted by atomic mass is 10.2. The normalized spacial score (nSPS) is 13.4. The van der Waals surface area contributed by atoms with Gasteiger partial charge in [-0.3, -0.25) is 0 Å². The number of nitrogens with zero attached hydrogens (tertiary/aromatic N) is 1. The Bertz CT molecular complexity index is 683. The highest BCUT2D eigenvalue weighted by Crippen LogP contribution is 2.07. The molecule has 0 aliphatic carbocycles. The van der Waals surface area contributed by atoms with E-state index in [1.807, 2.05) is 49.4 Å². The lowest BCUT2D eigenvalue weighted by molar-refractivity contribution is 0.558. The lowest BCUT2D eigenvalue weighted by Crippen LogP contribution is -2.32. The zero-order valence-corrected chi connectivity index (χ0v) is 12.6. The molecular formula is C16H18N2O2S. The van der Waals surface area contributed by atoms with Crippen molar-refractivity contribution in [3.8, 4) is 0 Å². The zero-order valence-electron chi connectivity index (χ0n) is 11.8. The van der Waals surface area contributed by atoms with Gasteiger partial charge in [-0.15, -0.1) is 0 Å². The second-order valence-corrected chi connectivity index (χ2v) is 6.40. The average molecular weight is 302 g/mol. The summed E-state index contributed by atoms with van der Waals surface area (Å²) in [6.45, 7) is 1.83. The van der Waals surface area contributed by atoms with Crippen LogP contribution in [-0.2, 0) is 10.0 Å². The van der Waals surface area contributed by atoms with Crippen LogP contribution in [0.2, 0.25) is 0 Å². The Morgan fingerprint density at radius 2 is 1.86 bits per heavy atom. The van der Waals surface area contributed by atoms with Gasteiger partial charge in [0.1, 0.15) is 0 Å². The van der Waals surface area contributed by atoms with Crippen LogP contribution in [-0.4, -0.2) is 19.4 Å². The fourth-order valence-corrected chi connectivity index (χ4v) is 3.06. The van der Waals surface area contributed by atoms with Crippen LogP contribution in [0.1, 0.15) is 18.9 Å². The van der Waals surface area contributed by atoms with Crippen LogP contribution < -0.4 is 4.72 Å². The van der Waals surface area contributed by atoms with Crippen molar-refractivity contribution in [3.63, 3.8) is 0 Å². The van der Waals surface area contributed by atoms with Gasteiger partial charge >= 0.3 is 0 Å². The van der Waals surface area contributed by atoms with Crippen LogP contribution in [0.5, 0.6) is 0 Å². The van der Waals surface area contributed by atoms with E-state index in [-0.39, 0.29) is 11.1 Å². The highest BCUT2D eigenvalue weighted by molar-refractivity contribution is 7.89. The summed E-state index contributed by atoms with van der Waals surface area (Å²) in [6.07, 6.45) is 6.02. The number of sulfonamides is 1. The van der Waals surface area contributed by atoms with E-state index in [2.05, 4.69) is 9.71 Å². The van der Waals surface area contributed by atoms with Gasteiger partial charge in [-0.2, -0.15) is 0 Å². The third-order valence-corrected chi connectivity index (χ3v) is 4.37. The van der Waals surface area contributed by atoms with Crippen molar-refractivity contribution in [2.75, 3.05) is 0 Å². The van der Waals surface area contributed by atoms with Crippen molar-refractivity contribution >= 4 is 16.1 Å². The number of benzene rings is 1. The predicted octanol–water partition coefficient (Wildman–Crippen LogP) is 2.85. The van der Waals surface area contributed by atoms with Crippen LogP contribution >= 0.6 is 0 Å². The smallest absolute Gasteiger partial charge is 0.243 e. The maximum Gasteiger partial charge on any atom is 0.258 e. The second kappa shape index (κ2) is 7.15. The molecule has 1 unspecified atom stereocenters. The molecule has 0 radical (unpaired) electrons. The Kier molecular flexibility index (Phi) is 5.25. The first-order chi connectivity index (χ1) is 10.1. The maximum absolute atomic E-state index is 12.1. The molecule has 0 amide bonds. The highest BCUT2D eigenvalue weighted by atomic mass is 32.2. The Labute approximate surface area is 125 Å². The first-order valence-corrected chi connectivity index (χ1v) is 8.21. The van der Waals surface area contributed by atoms with Gasteiger partial charge in [0.05, 0.1) is 0 Å². The third-order valence-electron chi connectivity index (χ3n) is 2.87. The Balaban J connectivity index is 1.93. The van der Waals surface area contributed by atoms with E-state index in [1.165, 1.54) is 12.3 Å². The number of rotatable bonds is 6. The fraction of sp³-hybridized carbons (Fsp3) is 0.188. The van der Waals surface area contributed by atoms with Gasteiger partial charge in [0.25, 0.3) is 10.0 Å². The van der Waals surface area contributed by atoms with E-state index < -0.39 is 10.0 Å². The molecule has 0 bridgehead atoms. The SMILES string of the molecule is CC(C/C=C/c1ccccc1)NS(=O)(=O)c1ccccn1. The van der Waals surface area contributed by atoms with Crippen molar-refractivity contribution in [3.05, 3.63) is 66.4 Å². The first kappa shape index (κ1) is 15.4. The molecule has 1 heterocycles. The van der Waals surface area contributed by atoms with E-state index in [0.29, 0.717) is 6.42 Å². The minimum atomic E-state index is -3.55. The molecule has 2 aromatic rings. The Morgan fingerprint density at radius 3 is 2.52 bits per heavy atom. The van der Waals surface area contributed by atoms with Gasteiger partial charge in [0.2, 0.25) is 0 Å². The summed E-state index contributed by atoms with van der Waals surface area (Å²) in [6, 6.07) is 14.5. The van der Waals surface area contributed by atoms with Gasteiger partial charge in [0.15, 0.2) is 5.03 Å². The summed E-state index contributed by atoms with van der Waals surface area (Å²) in [5.41, 5.74) is 1.09. The molecule has 1 aromatic carbocycles. The standard InChI is InChI=1S/C16H18N2O2S/c1-14(8-7-11-15-9-3-2-4-10-15)18-21(19,20)16-12-5-6-13-17-16/h2-7,9-14,18H,8H2,1H3/b11-7+. The summed E-state index contributed by atoms with van der Waals surface area (Å²) in [4.78, 5) is 3.86. The molecule has 1 N–H and O–H groups in total. The van der Waals surface area contributed by atoms with Crippen molar-refractivity contribution < 1.29 is 8.42 Å². The van der Waals surface area contributed by atoms with Gasteiger partial charge in [0, 0.05) is 12.2 Å². The number of pyridine rings is 1. The van der Waals surface area contributed by atoms with Gasteiger partial charge < -0.3 is 0 Å². The summed E-state index contributed by atoms with van der Waals surface area (Å²) in [5.74, 6) is 0. The number of hydrogen-bond donors (Lipinski definition) is 1. The highest BCUT2D eigenvalue weighted by Gasteiger charge is 2.17. The second-order valence-electron chi connectivity index (χ2n) is 4.74. The molecule has 1 atom stereocenters. The van der Waals surface area contributed by atoms with E-state index >= 15 is 0 Å². The third kappa shape index (κ3) is 4.81. The van der Waals surface area contributed by atoms with Crippen LogP contribution in [0, 0.1) is 0 Å². The first-order valence-electron chi connectivity index (χ1n) is 6.73. The molecule has 1 aromatic heterocycles. The molecule has 0 aliphatic rings. The molecule has 0 saturated carbocycles. The van der Waals surface area contributed by atoms with Crippen LogP contribution in [0.25, 0.3) is 6.08 Å². The zero-order chi connectivity index (χ0) is 15.1. The van der Waals surface area contributed by atoms with Crippen LogP contribution in [0.3, 0.4) is 0 Å². The van der Waals surface area contributed by atoms with Gasteiger partial charge in [-0.25, -0.2) is 18.1 Å². The molecular weight excluding hydrogens is 284 g/mol. The fourth-order valence-electron chi connectivity index (χ4n) is 1.85. The van der Waals surface area contributed by atoms with Crippen LogP contribution in [0.15, 0.2) is 65.8 Å². The van der Waals surface area contributed by atoms with Crippen molar-refractivity contribution in [2.24, 2.45) is 0 Å². The van der Waals surface area contributed by atoms with E-state index in [9.17, 15) is 8.42 Å². The minimum Gasteiger partial charge on any atom is -0.243 e. The molecule has 5 heteroatoms. The summed E-state index contributed by atoms with van der Waals surface area (Å²) in [7, 11) is -3.55. The number of hydrogen-bond acceptors (Lipinski definition) is 3. The molecule has 0 spiro atoms. The summed E-state index contributed by atoms with van der Waals surface area (Å²) in [5, 5.41) is 0.0453.